The van der Waals surface area contributed by atoms with Crippen LogP contribution in [0.3, 0.4) is 0 Å². The van der Waals surface area contributed by atoms with E-state index < -0.39 is 24.0 Å². The van der Waals surface area contributed by atoms with Crippen LogP contribution >= 0.6 is 0 Å². The normalized spacial score (nSPS) is 26.7. The average Bonchev–Trinajstić information content (AvgIpc) is 3.47. The van der Waals surface area contributed by atoms with Crippen molar-refractivity contribution >= 4 is 12.0 Å². The summed E-state index contributed by atoms with van der Waals surface area (Å²) < 4.78 is 16.6. The molecule has 4 fully saturated rings. The minimum Gasteiger partial charge on any atom is -0.447 e. The number of ether oxygens (including phenoxy) is 3. The molecular formula is C27H46N6O5. The number of rotatable bonds is 10. The largest absolute Gasteiger partial charge is 0.447 e. The third-order valence-electron chi connectivity index (χ3n) is 8.48. The van der Waals surface area contributed by atoms with Gasteiger partial charge in [-0.3, -0.25) is 20.3 Å². The smallest absolute Gasteiger partial charge is 0.409 e. The van der Waals surface area contributed by atoms with Gasteiger partial charge >= 0.3 is 6.09 Å². The van der Waals surface area contributed by atoms with E-state index in [1.165, 1.54) is 19.3 Å². The topological polar surface area (TPSA) is 128 Å². The van der Waals surface area contributed by atoms with Crippen LogP contribution in [0.4, 0.5) is 4.79 Å². The van der Waals surface area contributed by atoms with Gasteiger partial charge in [0.25, 0.3) is 0 Å². The summed E-state index contributed by atoms with van der Waals surface area (Å²) in [6.45, 7) is 4.79. The fourth-order valence-corrected chi connectivity index (χ4v) is 5.96. The monoisotopic (exact) mass is 534 g/mol. The molecule has 0 aromatic carbocycles. The first-order valence-electron chi connectivity index (χ1n) is 14.5. The molecule has 0 aromatic heterocycles. The van der Waals surface area contributed by atoms with Crippen LogP contribution in [0, 0.1) is 17.2 Å². The maximum absolute atomic E-state index is 13.8. The summed E-state index contributed by atoms with van der Waals surface area (Å²) in [5.41, 5.74) is -0.863. The maximum atomic E-state index is 13.8. The number of likely N-dealkylation sites (tertiary alicyclic amines) is 1. The van der Waals surface area contributed by atoms with Gasteiger partial charge in [0, 0.05) is 32.8 Å². The van der Waals surface area contributed by atoms with E-state index in [0.29, 0.717) is 58.1 Å². The van der Waals surface area contributed by atoms with Crippen LogP contribution in [-0.4, -0.2) is 105 Å². The fourth-order valence-electron chi connectivity index (χ4n) is 5.96. The first kappa shape index (κ1) is 29.0. The summed E-state index contributed by atoms with van der Waals surface area (Å²) in [5.74, 6) is 0.258. The lowest BCUT2D eigenvalue weighted by atomic mass is 9.84. The van der Waals surface area contributed by atoms with E-state index in [1.807, 2.05) is 7.05 Å². The quantitative estimate of drug-likeness (QED) is 0.358. The number of nitriles is 1. The molecule has 1 saturated carbocycles. The molecule has 214 valence electrons. The molecule has 3 aliphatic heterocycles. The first-order chi connectivity index (χ1) is 18.5. The molecule has 3 N–H and O–H groups in total. The maximum Gasteiger partial charge on any atom is 0.409 e. The molecule has 4 aliphatic rings. The van der Waals surface area contributed by atoms with Gasteiger partial charge in [0.15, 0.2) is 0 Å². The Labute approximate surface area is 226 Å². The van der Waals surface area contributed by atoms with E-state index in [1.54, 1.807) is 0 Å². The second kappa shape index (κ2) is 14.4. The van der Waals surface area contributed by atoms with E-state index in [2.05, 4.69) is 31.8 Å². The number of carbonyl (C=O) groups is 2. The highest BCUT2D eigenvalue weighted by molar-refractivity contribution is 5.83. The molecule has 11 nitrogen and oxygen atoms in total. The van der Waals surface area contributed by atoms with E-state index in [-0.39, 0.29) is 18.6 Å². The summed E-state index contributed by atoms with van der Waals surface area (Å²) in [6.07, 6.45) is 8.32. The standard InChI is InChI=1S/C27H46N6O5/c1-32-11-9-27(20-28,10-12-32)31-24(34)23(18-21-6-3-2-4-7-21)29-25(33-13-16-36-17-14-33)30-26(35)38-19-22-8-5-15-37-22/h21-23,25,29H,2-19H2,1H3,(H,30,35)(H,31,34). The van der Waals surface area contributed by atoms with Crippen LogP contribution in [0.15, 0.2) is 0 Å². The molecule has 4 rings (SSSR count). The van der Waals surface area contributed by atoms with E-state index >= 15 is 0 Å². The van der Waals surface area contributed by atoms with Crippen molar-refractivity contribution < 1.29 is 23.8 Å². The Morgan fingerprint density at radius 2 is 1.79 bits per heavy atom. The first-order valence-corrected chi connectivity index (χ1v) is 14.5. The number of hydrogen-bond acceptors (Lipinski definition) is 9. The molecule has 11 heteroatoms. The van der Waals surface area contributed by atoms with Crippen molar-refractivity contribution in [3.63, 3.8) is 0 Å². The number of hydrogen-bond donors (Lipinski definition) is 3. The second-order valence-corrected chi connectivity index (χ2v) is 11.4. The van der Waals surface area contributed by atoms with Gasteiger partial charge < -0.3 is 24.4 Å². The summed E-state index contributed by atoms with van der Waals surface area (Å²) in [7, 11) is 2.03. The van der Waals surface area contributed by atoms with Gasteiger partial charge in [0.1, 0.15) is 18.4 Å². The average molecular weight is 535 g/mol. The lowest BCUT2D eigenvalue weighted by Gasteiger charge is -2.40. The number of nitrogens with one attached hydrogen (secondary N) is 3. The van der Waals surface area contributed by atoms with Gasteiger partial charge in [-0.25, -0.2) is 4.79 Å². The van der Waals surface area contributed by atoms with Gasteiger partial charge in [-0.2, -0.15) is 5.26 Å². The number of morpholine rings is 1. The number of nitrogens with zero attached hydrogens (tertiary/aromatic N) is 3. The van der Waals surface area contributed by atoms with Crippen molar-refractivity contribution in [2.45, 2.75) is 88.2 Å². The molecule has 3 heterocycles. The Bertz CT molecular complexity index is 796. The zero-order valence-electron chi connectivity index (χ0n) is 22.9. The second-order valence-electron chi connectivity index (χ2n) is 11.4. The van der Waals surface area contributed by atoms with Crippen LogP contribution in [0.2, 0.25) is 0 Å². The Hall–Kier alpha value is -1.97. The molecule has 0 radical (unpaired) electrons. The van der Waals surface area contributed by atoms with Crippen molar-refractivity contribution in [3.05, 3.63) is 0 Å². The molecule has 0 spiro atoms. The zero-order valence-corrected chi connectivity index (χ0v) is 22.9. The van der Waals surface area contributed by atoms with Gasteiger partial charge in [-0.1, -0.05) is 32.1 Å². The molecule has 0 bridgehead atoms. The SMILES string of the molecule is CN1CCC(C#N)(NC(=O)C(CC2CCCCC2)NC(NC(=O)OCC2CCCO2)N2CCOCC2)CC1. The summed E-state index contributed by atoms with van der Waals surface area (Å²) in [6, 6.07) is 1.86. The molecule has 38 heavy (non-hydrogen) atoms. The highest BCUT2D eigenvalue weighted by Gasteiger charge is 2.39. The van der Waals surface area contributed by atoms with Crippen molar-refractivity contribution in [2.75, 3.05) is 59.7 Å². The third kappa shape index (κ3) is 8.52. The molecule has 2 amide bonds. The molecule has 0 aromatic rings. The van der Waals surface area contributed by atoms with Gasteiger partial charge in [0.05, 0.1) is 31.4 Å². The molecule has 3 unspecified atom stereocenters. The third-order valence-corrected chi connectivity index (χ3v) is 8.48. The highest BCUT2D eigenvalue weighted by atomic mass is 16.6. The molecule has 3 atom stereocenters. The number of piperidine rings is 1. The minimum absolute atomic E-state index is 0.0583. The lowest BCUT2D eigenvalue weighted by molar-refractivity contribution is -0.126. The van der Waals surface area contributed by atoms with Crippen LogP contribution in [0.1, 0.15) is 64.2 Å². The Kier molecular flexibility index (Phi) is 11.0. The summed E-state index contributed by atoms with van der Waals surface area (Å²) in [4.78, 5) is 30.9. The summed E-state index contributed by atoms with van der Waals surface area (Å²) >= 11 is 0. The van der Waals surface area contributed by atoms with Crippen LogP contribution in [0.5, 0.6) is 0 Å². The Morgan fingerprint density at radius 1 is 1.05 bits per heavy atom. The predicted molar refractivity (Wildman–Crippen MR) is 141 cm³/mol. The predicted octanol–water partition coefficient (Wildman–Crippen LogP) is 1.54. The molecule has 1 aliphatic carbocycles. The van der Waals surface area contributed by atoms with Crippen LogP contribution < -0.4 is 16.0 Å². The molecule has 3 saturated heterocycles. The van der Waals surface area contributed by atoms with Crippen molar-refractivity contribution in [1.29, 1.82) is 5.26 Å². The number of amides is 2. The highest BCUT2D eigenvalue weighted by Crippen LogP contribution is 2.28. The van der Waals surface area contributed by atoms with Crippen LogP contribution in [-0.2, 0) is 19.0 Å². The minimum atomic E-state index is -0.863. The van der Waals surface area contributed by atoms with Gasteiger partial charge in [-0.05, 0) is 45.1 Å². The summed E-state index contributed by atoms with van der Waals surface area (Å²) in [5, 5.41) is 19.6. The fraction of sp³-hybridized carbons (Fsp3) is 0.889. The van der Waals surface area contributed by atoms with E-state index in [4.69, 9.17) is 14.2 Å². The lowest BCUT2D eigenvalue weighted by Crippen LogP contribution is -2.65. The number of alkyl carbamates (subject to hydrolysis) is 1. The van der Waals surface area contributed by atoms with Gasteiger partial charge in [0.2, 0.25) is 5.91 Å². The van der Waals surface area contributed by atoms with Crippen molar-refractivity contribution in [2.24, 2.45) is 5.92 Å². The van der Waals surface area contributed by atoms with Crippen molar-refractivity contribution in [3.8, 4) is 6.07 Å². The van der Waals surface area contributed by atoms with Crippen molar-refractivity contribution in [1.82, 2.24) is 25.8 Å². The Morgan fingerprint density at radius 3 is 2.45 bits per heavy atom. The van der Waals surface area contributed by atoms with Crippen LogP contribution in [0.25, 0.3) is 0 Å². The van der Waals surface area contributed by atoms with E-state index in [9.17, 15) is 14.9 Å². The Balaban J connectivity index is 1.45. The zero-order chi connectivity index (χ0) is 26.8. The van der Waals surface area contributed by atoms with Gasteiger partial charge in [-0.15, -0.1) is 0 Å². The molecular weight excluding hydrogens is 488 g/mol. The number of carbonyl (C=O) groups excluding carboxylic acids is 2. The van der Waals surface area contributed by atoms with E-state index in [0.717, 1.165) is 38.8 Å².